The molecule has 1 fully saturated rings. The van der Waals surface area contributed by atoms with Gasteiger partial charge in [0.05, 0.1) is 5.69 Å². The summed E-state index contributed by atoms with van der Waals surface area (Å²) < 4.78 is 5.66. The van der Waals surface area contributed by atoms with Crippen LogP contribution in [-0.2, 0) is 14.4 Å². The third-order valence-corrected chi connectivity index (χ3v) is 4.77. The van der Waals surface area contributed by atoms with Crippen LogP contribution in [0.15, 0.2) is 18.2 Å². The minimum absolute atomic E-state index is 0.00922. The zero-order valence-electron chi connectivity index (χ0n) is 15.3. The van der Waals surface area contributed by atoms with Gasteiger partial charge < -0.3 is 15.0 Å². The molecule has 0 bridgehead atoms. The third-order valence-electron chi connectivity index (χ3n) is 4.77. The molecule has 0 radical (unpaired) electrons. The van der Waals surface area contributed by atoms with Crippen molar-refractivity contribution in [3.05, 3.63) is 18.2 Å². The first-order valence-corrected chi connectivity index (χ1v) is 9.19. The Morgan fingerprint density at radius 2 is 1.96 bits per heavy atom. The molecule has 3 rings (SSSR count). The van der Waals surface area contributed by atoms with Crippen molar-refractivity contribution in [2.75, 3.05) is 29.9 Å². The summed E-state index contributed by atoms with van der Waals surface area (Å²) in [7, 11) is 0. The molecule has 2 aliphatic heterocycles. The molecule has 1 unspecified atom stereocenters. The summed E-state index contributed by atoms with van der Waals surface area (Å²) in [6, 6.07) is 5.15. The summed E-state index contributed by atoms with van der Waals surface area (Å²) in [5.74, 6) is 0.123. The van der Waals surface area contributed by atoms with Crippen molar-refractivity contribution in [1.29, 1.82) is 0 Å². The molecule has 1 saturated heterocycles. The van der Waals surface area contributed by atoms with Gasteiger partial charge in [-0.1, -0.05) is 6.92 Å². The van der Waals surface area contributed by atoms with Gasteiger partial charge in [0.15, 0.2) is 6.10 Å². The molecule has 1 atom stereocenters. The molecule has 0 spiro atoms. The summed E-state index contributed by atoms with van der Waals surface area (Å²) >= 11 is 0. The highest BCUT2D eigenvalue weighted by Crippen LogP contribution is 2.36. The Morgan fingerprint density at radius 1 is 1.23 bits per heavy atom. The quantitative estimate of drug-likeness (QED) is 0.893. The maximum Gasteiger partial charge on any atom is 0.268 e. The van der Waals surface area contributed by atoms with Crippen LogP contribution in [0.5, 0.6) is 5.75 Å². The fourth-order valence-corrected chi connectivity index (χ4v) is 3.28. The lowest BCUT2D eigenvalue weighted by Crippen LogP contribution is -2.50. The summed E-state index contributed by atoms with van der Waals surface area (Å²) in [4.78, 5) is 40.2. The van der Waals surface area contributed by atoms with E-state index in [1.165, 1.54) is 4.90 Å². The third kappa shape index (κ3) is 3.81. The number of ether oxygens (including phenoxy) is 1. The van der Waals surface area contributed by atoms with Crippen LogP contribution in [0.3, 0.4) is 0 Å². The highest BCUT2D eigenvalue weighted by atomic mass is 16.5. The molecule has 26 heavy (non-hydrogen) atoms. The summed E-state index contributed by atoms with van der Waals surface area (Å²) in [6.07, 6.45) is 2.86. The molecule has 1 aromatic carbocycles. The first kappa shape index (κ1) is 18.2. The number of rotatable bonds is 4. The number of hydrogen-bond donors (Lipinski definition) is 1. The van der Waals surface area contributed by atoms with Gasteiger partial charge in [0.2, 0.25) is 11.8 Å². The Labute approximate surface area is 153 Å². The van der Waals surface area contributed by atoms with E-state index < -0.39 is 6.10 Å². The van der Waals surface area contributed by atoms with Crippen molar-refractivity contribution >= 4 is 29.1 Å². The van der Waals surface area contributed by atoms with Gasteiger partial charge in [0.25, 0.3) is 5.91 Å². The predicted octanol–water partition coefficient (Wildman–Crippen LogP) is 2.16. The van der Waals surface area contributed by atoms with Gasteiger partial charge in [-0.2, -0.15) is 0 Å². The maximum absolute atomic E-state index is 12.7. The first-order chi connectivity index (χ1) is 12.5. The average Bonchev–Trinajstić information content (AvgIpc) is 2.66. The van der Waals surface area contributed by atoms with Crippen LogP contribution in [-0.4, -0.2) is 48.4 Å². The lowest BCUT2D eigenvalue weighted by Gasteiger charge is -2.35. The van der Waals surface area contributed by atoms with Crippen LogP contribution >= 0.6 is 0 Å². The Bertz CT molecular complexity index is 713. The highest BCUT2D eigenvalue weighted by molar-refractivity contribution is 6.04. The summed E-state index contributed by atoms with van der Waals surface area (Å²) in [6.45, 7) is 4.92. The number of fused-ring (bicyclic) bond motifs is 1. The van der Waals surface area contributed by atoms with Crippen LogP contribution in [0.25, 0.3) is 0 Å². The number of carbonyl (C=O) groups excluding carboxylic acids is 3. The van der Waals surface area contributed by atoms with E-state index in [0.29, 0.717) is 23.5 Å². The van der Waals surface area contributed by atoms with E-state index in [1.807, 2.05) is 4.90 Å². The fourth-order valence-electron chi connectivity index (χ4n) is 3.28. The number of amides is 3. The van der Waals surface area contributed by atoms with Crippen LogP contribution in [0.2, 0.25) is 0 Å². The second kappa shape index (κ2) is 7.76. The van der Waals surface area contributed by atoms with Crippen LogP contribution in [0.1, 0.15) is 39.5 Å². The van der Waals surface area contributed by atoms with Gasteiger partial charge in [-0.05, 0) is 44.4 Å². The number of anilines is 2. The topological polar surface area (TPSA) is 79.0 Å². The van der Waals surface area contributed by atoms with Gasteiger partial charge >= 0.3 is 0 Å². The number of nitrogens with zero attached hydrogens (tertiary/aromatic N) is 2. The molecule has 7 heteroatoms. The predicted molar refractivity (Wildman–Crippen MR) is 98.2 cm³/mol. The molecule has 2 heterocycles. The van der Waals surface area contributed by atoms with E-state index in [9.17, 15) is 14.4 Å². The molecule has 140 valence electrons. The molecule has 1 N–H and O–H groups in total. The van der Waals surface area contributed by atoms with Crippen molar-refractivity contribution < 1.29 is 19.1 Å². The SMILES string of the molecule is CCC(=O)Nc1ccc2c(c1)N(CC(=O)N1CCCCC1)C(=O)C(C)O2. The van der Waals surface area contributed by atoms with Crippen molar-refractivity contribution in [3.63, 3.8) is 0 Å². The minimum atomic E-state index is -0.646. The normalized spacial score (nSPS) is 19.6. The molecule has 2 aliphatic rings. The van der Waals surface area contributed by atoms with Crippen LogP contribution in [0.4, 0.5) is 11.4 Å². The van der Waals surface area contributed by atoms with Crippen molar-refractivity contribution in [2.45, 2.75) is 45.6 Å². The second-order valence-corrected chi connectivity index (χ2v) is 6.71. The van der Waals surface area contributed by atoms with Crippen molar-refractivity contribution in [2.24, 2.45) is 0 Å². The Morgan fingerprint density at radius 3 is 2.65 bits per heavy atom. The number of piperidine rings is 1. The summed E-state index contributed by atoms with van der Waals surface area (Å²) in [5.41, 5.74) is 1.10. The van der Waals surface area contributed by atoms with E-state index in [4.69, 9.17) is 4.74 Å². The second-order valence-electron chi connectivity index (χ2n) is 6.71. The standard InChI is InChI=1S/C19H25N3O4/c1-3-17(23)20-14-7-8-16-15(11-14)22(19(25)13(2)26-16)12-18(24)21-9-5-4-6-10-21/h7-8,11,13H,3-6,9-10,12H2,1-2H3,(H,20,23). The van der Waals surface area contributed by atoms with Crippen LogP contribution in [0, 0.1) is 0 Å². The molecule has 0 aromatic heterocycles. The number of carbonyl (C=O) groups is 3. The van der Waals surface area contributed by atoms with Gasteiger partial charge in [0.1, 0.15) is 12.3 Å². The first-order valence-electron chi connectivity index (χ1n) is 9.19. The smallest absolute Gasteiger partial charge is 0.268 e. The van der Waals surface area contributed by atoms with Crippen LogP contribution < -0.4 is 15.0 Å². The fraction of sp³-hybridized carbons (Fsp3) is 0.526. The van der Waals surface area contributed by atoms with Crippen molar-refractivity contribution in [1.82, 2.24) is 4.90 Å². The maximum atomic E-state index is 12.7. The molecule has 3 amide bonds. The molecule has 0 saturated carbocycles. The molecule has 7 nitrogen and oxygen atoms in total. The number of likely N-dealkylation sites (tertiary alicyclic amines) is 1. The van der Waals surface area contributed by atoms with Gasteiger partial charge in [-0.3, -0.25) is 19.3 Å². The number of benzene rings is 1. The van der Waals surface area contributed by atoms with Gasteiger partial charge in [-0.15, -0.1) is 0 Å². The van der Waals surface area contributed by atoms with E-state index in [1.54, 1.807) is 32.0 Å². The van der Waals surface area contributed by atoms with E-state index in [0.717, 1.165) is 32.4 Å². The van der Waals surface area contributed by atoms with Gasteiger partial charge in [-0.25, -0.2) is 0 Å². The molecule has 0 aliphatic carbocycles. The monoisotopic (exact) mass is 359 g/mol. The summed E-state index contributed by atoms with van der Waals surface area (Å²) in [5, 5.41) is 2.78. The Hall–Kier alpha value is -2.57. The average molecular weight is 359 g/mol. The van der Waals surface area contributed by atoms with E-state index >= 15 is 0 Å². The molecule has 1 aromatic rings. The Kier molecular flexibility index (Phi) is 5.44. The zero-order chi connectivity index (χ0) is 18.7. The Balaban J connectivity index is 1.84. The molecular formula is C19H25N3O4. The lowest BCUT2D eigenvalue weighted by molar-refractivity contribution is -0.133. The van der Waals surface area contributed by atoms with Gasteiger partial charge in [0, 0.05) is 25.2 Å². The minimum Gasteiger partial charge on any atom is -0.479 e. The van der Waals surface area contributed by atoms with Crippen molar-refractivity contribution in [3.8, 4) is 5.75 Å². The van der Waals surface area contributed by atoms with E-state index in [-0.39, 0.29) is 24.3 Å². The number of hydrogen-bond acceptors (Lipinski definition) is 4. The largest absolute Gasteiger partial charge is 0.479 e. The zero-order valence-corrected chi connectivity index (χ0v) is 15.3. The molecular weight excluding hydrogens is 334 g/mol. The lowest BCUT2D eigenvalue weighted by atomic mass is 10.1. The van der Waals surface area contributed by atoms with E-state index in [2.05, 4.69) is 5.32 Å². The highest BCUT2D eigenvalue weighted by Gasteiger charge is 2.34. The number of nitrogens with one attached hydrogen (secondary N) is 1.